The third kappa shape index (κ3) is 1.65. The lowest BCUT2D eigenvalue weighted by Gasteiger charge is -2.32. The minimum absolute atomic E-state index is 0.201. The van der Waals surface area contributed by atoms with Crippen molar-refractivity contribution < 1.29 is 9.31 Å². The molecule has 0 saturated carbocycles. The van der Waals surface area contributed by atoms with E-state index in [1.165, 1.54) is 23.9 Å². The molecule has 0 radical (unpaired) electrons. The molecule has 20 heavy (non-hydrogen) atoms. The zero-order chi connectivity index (χ0) is 14.1. The average molecular weight is 288 g/mol. The summed E-state index contributed by atoms with van der Waals surface area (Å²) in [5.74, 6) is 1.21. The van der Waals surface area contributed by atoms with Gasteiger partial charge >= 0.3 is 7.12 Å². The summed E-state index contributed by atoms with van der Waals surface area (Å²) in [7, 11) is -0.201. The summed E-state index contributed by atoms with van der Waals surface area (Å²) in [6.07, 6.45) is 7.36. The Morgan fingerprint density at radius 1 is 1.05 bits per heavy atom. The van der Waals surface area contributed by atoms with Crippen molar-refractivity contribution in [3.63, 3.8) is 0 Å². The lowest BCUT2D eigenvalue weighted by atomic mass is 9.67. The molecule has 4 heteroatoms. The highest BCUT2D eigenvalue weighted by Gasteiger charge is 2.53. The van der Waals surface area contributed by atoms with Crippen LogP contribution < -0.4 is 5.46 Å². The molecule has 0 amide bonds. The van der Waals surface area contributed by atoms with Gasteiger partial charge in [0.1, 0.15) is 0 Å². The van der Waals surface area contributed by atoms with Crippen molar-refractivity contribution in [2.45, 2.75) is 63.6 Å². The third-order valence-electron chi connectivity index (χ3n) is 5.47. The second kappa shape index (κ2) is 3.99. The molecule has 1 aromatic heterocycles. The van der Waals surface area contributed by atoms with E-state index >= 15 is 0 Å². The van der Waals surface area contributed by atoms with Crippen LogP contribution in [0.2, 0.25) is 0 Å². The maximum Gasteiger partial charge on any atom is 0.496 e. The second-order valence-corrected chi connectivity index (χ2v) is 8.14. The molecule has 2 heterocycles. The van der Waals surface area contributed by atoms with Crippen LogP contribution in [0.5, 0.6) is 0 Å². The molecule has 1 aromatic rings. The van der Waals surface area contributed by atoms with Crippen LogP contribution in [-0.4, -0.2) is 18.3 Å². The Morgan fingerprint density at radius 3 is 2.25 bits per heavy atom. The fourth-order valence-corrected chi connectivity index (χ4v) is 4.77. The highest BCUT2D eigenvalue weighted by Crippen LogP contribution is 2.47. The molecular formula is C16H21BO2S. The summed E-state index contributed by atoms with van der Waals surface area (Å²) in [6.45, 7) is 8.49. The maximum atomic E-state index is 6.24. The molecule has 2 unspecified atom stereocenters. The van der Waals surface area contributed by atoms with Gasteiger partial charge in [0.15, 0.2) is 0 Å². The van der Waals surface area contributed by atoms with Gasteiger partial charge in [-0.2, -0.15) is 0 Å². The van der Waals surface area contributed by atoms with E-state index in [1.807, 2.05) is 11.3 Å². The highest BCUT2D eigenvalue weighted by molar-refractivity contribution is 7.11. The van der Waals surface area contributed by atoms with E-state index in [-0.39, 0.29) is 18.3 Å². The van der Waals surface area contributed by atoms with Gasteiger partial charge in [0.2, 0.25) is 0 Å². The minimum Gasteiger partial charge on any atom is -0.399 e. The summed E-state index contributed by atoms with van der Waals surface area (Å²) < 4.78 is 12.5. The van der Waals surface area contributed by atoms with E-state index in [0.29, 0.717) is 11.8 Å². The number of allylic oxidation sites excluding steroid dienone is 2. The zero-order valence-corrected chi connectivity index (χ0v) is 13.4. The normalized spacial score (nSPS) is 32.7. The van der Waals surface area contributed by atoms with Gasteiger partial charge in [-0.05, 0) is 56.9 Å². The van der Waals surface area contributed by atoms with Gasteiger partial charge in [-0.3, -0.25) is 0 Å². The standard InChI is InChI=1S/C16H21BO2S/c1-15(2)16(3,4)19-17(18-15)12-9-20-14-11-7-5-10(6-8-11)13(12)14/h5,7,9-11H,6,8H2,1-4H3. The van der Waals surface area contributed by atoms with Crippen molar-refractivity contribution in [3.8, 4) is 0 Å². The van der Waals surface area contributed by atoms with Gasteiger partial charge < -0.3 is 9.31 Å². The third-order valence-corrected chi connectivity index (χ3v) is 6.62. The molecular weight excluding hydrogens is 267 g/mol. The van der Waals surface area contributed by atoms with Gasteiger partial charge in [-0.15, -0.1) is 11.3 Å². The Kier molecular flexibility index (Phi) is 2.62. The second-order valence-electron chi connectivity index (χ2n) is 7.23. The average Bonchev–Trinajstić information content (AvgIpc) is 2.92. The molecule has 106 valence electrons. The Balaban J connectivity index is 1.73. The van der Waals surface area contributed by atoms with E-state index in [9.17, 15) is 0 Å². The highest BCUT2D eigenvalue weighted by atomic mass is 32.1. The summed E-state index contributed by atoms with van der Waals surface area (Å²) >= 11 is 1.89. The number of rotatable bonds is 1. The molecule has 2 bridgehead atoms. The lowest BCUT2D eigenvalue weighted by molar-refractivity contribution is 0.00578. The first-order valence-corrected chi connectivity index (χ1v) is 8.42. The molecule has 1 saturated heterocycles. The molecule has 5 rings (SSSR count). The van der Waals surface area contributed by atoms with E-state index < -0.39 is 0 Å². The van der Waals surface area contributed by atoms with Crippen LogP contribution in [0.25, 0.3) is 0 Å². The van der Waals surface area contributed by atoms with Crippen LogP contribution in [0.15, 0.2) is 17.5 Å². The minimum atomic E-state index is -0.254. The molecule has 2 atom stereocenters. The van der Waals surface area contributed by atoms with Gasteiger partial charge in [-0.25, -0.2) is 0 Å². The summed E-state index contributed by atoms with van der Waals surface area (Å²) in [4.78, 5) is 1.55. The Labute approximate surface area is 125 Å². The zero-order valence-electron chi connectivity index (χ0n) is 12.6. The molecule has 4 aliphatic rings. The van der Waals surface area contributed by atoms with Gasteiger partial charge in [0.25, 0.3) is 0 Å². The smallest absolute Gasteiger partial charge is 0.399 e. The van der Waals surface area contributed by atoms with Crippen LogP contribution in [-0.2, 0) is 9.31 Å². The van der Waals surface area contributed by atoms with Crippen LogP contribution in [0.4, 0.5) is 0 Å². The SMILES string of the molecule is CC1(C)OB(c2csc3c2C2C=CC3CC2)OC1(C)C. The topological polar surface area (TPSA) is 18.5 Å². The summed E-state index contributed by atoms with van der Waals surface area (Å²) in [6, 6.07) is 0. The number of thiophene rings is 1. The van der Waals surface area contributed by atoms with Crippen molar-refractivity contribution in [1.29, 1.82) is 0 Å². The van der Waals surface area contributed by atoms with Crippen LogP contribution >= 0.6 is 11.3 Å². The lowest BCUT2D eigenvalue weighted by Crippen LogP contribution is -2.41. The van der Waals surface area contributed by atoms with E-state index in [0.717, 1.165) is 0 Å². The number of hydrogen-bond donors (Lipinski definition) is 0. The molecule has 2 nitrogen and oxygen atoms in total. The fraction of sp³-hybridized carbons (Fsp3) is 0.625. The molecule has 0 spiro atoms. The van der Waals surface area contributed by atoms with Gasteiger partial charge in [-0.1, -0.05) is 12.2 Å². The number of hydrogen-bond acceptors (Lipinski definition) is 3. The predicted octanol–water partition coefficient (Wildman–Crippen LogP) is 3.58. The molecule has 0 aromatic carbocycles. The van der Waals surface area contributed by atoms with Gasteiger partial charge in [0, 0.05) is 16.7 Å². The predicted molar refractivity (Wildman–Crippen MR) is 83.9 cm³/mol. The van der Waals surface area contributed by atoms with Crippen molar-refractivity contribution in [2.24, 2.45) is 0 Å². The Bertz CT molecular complexity index is 571. The Morgan fingerprint density at radius 2 is 1.65 bits per heavy atom. The number of fused-ring (bicyclic) bond motifs is 1. The van der Waals surface area contributed by atoms with Crippen molar-refractivity contribution in [1.82, 2.24) is 0 Å². The summed E-state index contributed by atoms with van der Waals surface area (Å²) in [5.41, 5.74) is 2.28. The first-order valence-electron chi connectivity index (χ1n) is 7.54. The van der Waals surface area contributed by atoms with Crippen LogP contribution in [0.3, 0.4) is 0 Å². The van der Waals surface area contributed by atoms with Crippen molar-refractivity contribution in [3.05, 3.63) is 28.0 Å². The fourth-order valence-electron chi connectivity index (χ4n) is 3.51. The molecule has 0 N–H and O–H groups in total. The van der Waals surface area contributed by atoms with Crippen molar-refractivity contribution >= 4 is 23.9 Å². The quantitative estimate of drug-likeness (QED) is 0.581. The van der Waals surface area contributed by atoms with Crippen LogP contribution in [0, 0.1) is 0 Å². The Hall–Kier alpha value is -0.575. The summed E-state index contributed by atoms with van der Waals surface area (Å²) in [5, 5.41) is 2.27. The first-order chi connectivity index (χ1) is 9.39. The van der Waals surface area contributed by atoms with Crippen LogP contribution in [0.1, 0.15) is 62.8 Å². The molecule has 3 aliphatic carbocycles. The monoisotopic (exact) mass is 288 g/mol. The largest absolute Gasteiger partial charge is 0.496 e. The maximum absolute atomic E-state index is 6.24. The first kappa shape index (κ1) is 13.1. The molecule has 1 aliphatic heterocycles. The van der Waals surface area contributed by atoms with E-state index in [4.69, 9.17) is 9.31 Å². The van der Waals surface area contributed by atoms with E-state index in [1.54, 1.807) is 4.88 Å². The van der Waals surface area contributed by atoms with Gasteiger partial charge in [0.05, 0.1) is 11.2 Å². The molecule has 1 fully saturated rings. The van der Waals surface area contributed by atoms with E-state index in [2.05, 4.69) is 45.2 Å². The van der Waals surface area contributed by atoms with Crippen molar-refractivity contribution in [2.75, 3.05) is 0 Å².